The van der Waals surface area contributed by atoms with E-state index in [2.05, 4.69) is 29.1 Å². The van der Waals surface area contributed by atoms with Gasteiger partial charge in [-0.25, -0.2) is 18.2 Å². The van der Waals surface area contributed by atoms with Gasteiger partial charge in [-0.3, -0.25) is 4.79 Å². The van der Waals surface area contributed by atoms with Gasteiger partial charge in [0.2, 0.25) is 0 Å². The molecule has 2 aliphatic rings. The molecule has 198 valence electrons. The zero-order chi connectivity index (χ0) is 26.6. The van der Waals surface area contributed by atoms with Crippen LogP contribution in [0.1, 0.15) is 54.2 Å². The van der Waals surface area contributed by atoms with Gasteiger partial charge in [0.15, 0.2) is 6.29 Å². The number of allylic oxidation sites excluding steroid dienone is 1. The summed E-state index contributed by atoms with van der Waals surface area (Å²) < 4.78 is 45.5. The van der Waals surface area contributed by atoms with Crippen molar-refractivity contribution in [3.05, 3.63) is 77.3 Å². The summed E-state index contributed by atoms with van der Waals surface area (Å²) in [6.07, 6.45) is 6.68. The first-order chi connectivity index (χ1) is 17.7. The van der Waals surface area contributed by atoms with E-state index in [0.717, 1.165) is 30.9 Å². The molecular formula is C29H35F3N4O. The van der Waals surface area contributed by atoms with Gasteiger partial charge in [0, 0.05) is 24.4 Å². The second-order valence-corrected chi connectivity index (χ2v) is 10.5. The van der Waals surface area contributed by atoms with Crippen LogP contribution in [0.25, 0.3) is 11.3 Å². The maximum absolute atomic E-state index is 15.7. The number of benzene rings is 1. The summed E-state index contributed by atoms with van der Waals surface area (Å²) in [6.45, 7) is 7.57. The van der Waals surface area contributed by atoms with E-state index < -0.39 is 17.8 Å². The van der Waals surface area contributed by atoms with Crippen molar-refractivity contribution < 1.29 is 18.0 Å². The highest BCUT2D eigenvalue weighted by molar-refractivity contribution is 5.75. The SMILES string of the molecule is C=C(/C=C\NCNC)N1CC(F)CC(Cc2cc(C3(C)CCC3)cc(F)c2-c2nc(C=O)ccc2F)C1. The first-order valence-electron chi connectivity index (χ1n) is 12.8. The maximum atomic E-state index is 15.7. The molecule has 0 bridgehead atoms. The smallest absolute Gasteiger partial charge is 0.168 e. The van der Waals surface area contributed by atoms with E-state index in [4.69, 9.17) is 0 Å². The molecular weight excluding hydrogens is 477 g/mol. The number of carbonyl (C=O) groups is 1. The lowest BCUT2D eigenvalue weighted by molar-refractivity contribution is 0.111. The number of nitrogens with one attached hydrogen (secondary N) is 2. The summed E-state index contributed by atoms with van der Waals surface area (Å²) in [5, 5.41) is 6.04. The normalized spacial score (nSPS) is 21.1. The molecule has 1 aromatic heterocycles. The van der Waals surface area contributed by atoms with E-state index in [-0.39, 0.29) is 34.8 Å². The van der Waals surface area contributed by atoms with E-state index >= 15 is 4.39 Å². The van der Waals surface area contributed by atoms with Crippen LogP contribution in [-0.2, 0) is 11.8 Å². The van der Waals surface area contributed by atoms with Crippen molar-refractivity contribution in [3.8, 4) is 11.3 Å². The molecule has 2 atom stereocenters. The lowest BCUT2D eigenvalue weighted by atomic mass is 9.65. The molecule has 4 rings (SSSR count). The molecule has 2 fully saturated rings. The number of hydrogen-bond donors (Lipinski definition) is 2. The van der Waals surface area contributed by atoms with Crippen LogP contribution in [0.15, 0.2) is 48.8 Å². The van der Waals surface area contributed by atoms with Gasteiger partial charge in [-0.2, -0.15) is 0 Å². The number of aldehydes is 1. The number of alkyl halides is 1. The molecule has 0 spiro atoms. The van der Waals surface area contributed by atoms with Gasteiger partial charge >= 0.3 is 0 Å². The van der Waals surface area contributed by atoms with Crippen molar-refractivity contribution >= 4 is 6.29 Å². The monoisotopic (exact) mass is 512 g/mol. The van der Waals surface area contributed by atoms with E-state index in [1.807, 2.05) is 18.0 Å². The van der Waals surface area contributed by atoms with Gasteiger partial charge in [-0.05, 0) is 85.7 Å². The van der Waals surface area contributed by atoms with Crippen LogP contribution in [0, 0.1) is 17.6 Å². The molecule has 1 saturated carbocycles. The highest BCUT2D eigenvalue weighted by Crippen LogP contribution is 2.45. The third-order valence-electron chi connectivity index (χ3n) is 7.62. The first-order valence-corrected chi connectivity index (χ1v) is 12.8. The fourth-order valence-electron chi connectivity index (χ4n) is 5.38. The molecule has 2 N–H and O–H groups in total. The Bertz CT molecular complexity index is 1180. The van der Waals surface area contributed by atoms with E-state index in [9.17, 15) is 13.6 Å². The zero-order valence-corrected chi connectivity index (χ0v) is 21.5. The third kappa shape index (κ3) is 6.06. The van der Waals surface area contributed by atoms with Gasteiger partial charge in [-0.1, -0.05) is 26.0 Å². The predicted octanol–water partition coefficient (Wildman–Crippen LogP) is 5.28. The topological polar surface area (TPSA) is 57.3 Å². The van der Waals surface area contributed by atoms with Crippen molar-refractivity contribution in [3.63, 3.8) is 0 Å². The summed E-state index contributed by atoms with van der Waals surface area (Å²) in [5.74, 6) is -1.41. The Morgan fingerprint density at radius 1 is 1.24 bits per heavy atom. The van der Waals surface area contributed by atoms with Crippen molar-refractivity contribution in [2.75, 3.05) is 26.8 Å². The van der Waals surface area contributed by atoms with E-state index in [1.54, 1.807) is 12.3 Å². The number of likely N-dealkylation sites (tertiary alicyclic amines) is 1. The zero-order valence-electron chi connectivity index (χ0n) is 21.5. The van der Waals surface area contributed by atoms with Crippen molar-refractivity contribution in [1.29, 1.82) is 0 Å². The van der Waals surface area contributed by atoms with Crippen LogP contribution < -0.4 is 10.6 Å². The van der Waals surface area contributed by atoms with Gasteiger partial charge < -0.3 is 15.5 Å². The Hall–Kier alpha value is -3.13. The average molecular weight is 513 g/mol. The molecule has 1 aliphatic carbocycles. The highest BCUT2D eigenvalue weighted by atomic mass is 19.1. The average Bonchev–Trinajstić information content (AvgIpc) is 2.85. The van der Waals surface area contributed by atoms with E-state index in [1.165, 1.54) is 12.1 Å². The van der Waals surface area contributed by atoms with Gasteiger partial charge in [0.05, 0.1) is 6.67 Å². The van der Waals surface area contributed by atoms with Crippen LogP contribution in [0.2, 0.25) is 0 Å². The standard InChI is InChI=1S/C29H35F3N4O/c1-19(7-10-34-18-33-3)36-15-20(12-23(30)16-36)11-21-13-22(29(2)8-4-9-29)14-26(32)27(21)28-25(31)6-5-24(17-37)35-28/h5-7,10,13-14,17,20,23,33-34H,1,4,8-9,11-12,15-16,18H2,2-3H3/b10-7-. The number of hydrogen-bond acceptors (Lipinski definition) is 5. The second kappa shape index (κ2) is 11.5. The quantitative estimate of drug-likeness (QED) is 0.196. The highest BCUT2D eigenvalue weighted by Gasteiger charge is 2.36. The Morgan fingerprint density at radius 2 is 2.03 bits per heavy atom. The summed E-state index contributed by atoms with van der Waals surface area (Å²) in [6, 6.07) is 5.82. The molecule has 37 heavy (non-hydrogen) atoms. The predicted molar refractivity (Wildman–Crippen MR) is 140 cm³/mol. The Morgan fingerprint density at radius 3 is 2.70 bits per heavy atom. The van der Waals surface area contributed by atoms with Gasteiger partial charge in [0.1, 0.15) is 29.2 Å². The molecule has 2 aromatic rings. The second-order valence-electron chi connectivity index (χ2n) is 10.5. The lowest BCUT2D eigenvalue weighted by Gasteiger charge is -2.40. The fraction of sp³-hybridized carbons (Fsp3) is 0.448. The molecule has 1 aliphatic heterocycles. The maximum Gasteiger partial charge on any atom is 0.168 e. The Labute approximate surface area is 216 Å². The van der Waals surface area contributed by atoms with Gasteiger partial charge in [-0.15, -0.1) is 0 Å². The fourth-order valence-corrected chi connectivity index (χ4v) is 5.38. The molecule has 1 aromatic carbocycles. The molecule has 8 heteroatoms. The summed E-state index contributed by atoms with van der Waals surface area (Å²) in [5.41, 5.74) is 1.91. The van der Waals surface area contributed by atoms with Crippen LogP contribution in [0.5, 0.6) is 0 Å². The Balaban J connectivity index is 1.67. The largest absolute Gasteiger partial charge is 0.378 e. The third-order valence-corrected chi connectivity index (χ3v) is 7.62. The minimum atomic E-state index is -1.07. The van der Waals surface area contributed by atoms with Gasteiger partial charge in [0.25, 0.3) is 0 Å². The summed E-state index contributed by atoms with van der Waals surface area (Å²) in [4.78, 5) is 17.3. The van der Waals surface area contributed by atoms with Crippen LogP contribution >= 0.6 is 0 Å². The molecule has 0 amide bonds. The van der Waals surface area contributed by atoms with Crippen molar-refractivity contribution in [2.24, 2.45) is 5.92 Å². The number of piperidine rings is 1. The van der Waals surface area contributed by atoms with Crippen LogP contribution in [-0.4, -0.2) is 49.1 Å². The number of carbonyl (C=O) groups excluding carboxylic acids is 1. The first kappa shape index (κ1) is 26.9. The lowest BCUT2D eigenvalue weighted by Crippen LogP contribution is -2.41. The number of nitrogens with zero attached hydrogens (tertiary/aromatic N) is 2. The van der Waals surface area contributed by atoms with E-state index in [0.29, 0.717) is 43.6 Å². The minimum Gasteiger partial charge on any atom is -0.378 e. The number of rotatable bonds is 10. The molecule has 0 radical (unpaired) electrons. The summed E-state index contributed by atoms with van der Waals surface area (Å²) >= 11 is 0. The van der Waals surface area contributed by atoms with Crippen LogP contribution in [0.4, 0.5) is 13.2 Å². The van der Waals surface area contributed by atoms with Crippen molar-refractivity contribution in [1.82, 2.24) is 20.5 Å². The molecule has 2 unspecified atom stereocenters. The molecule has 2 heterocycles. The number of aromatic nitrogens is 1. The minimum absolute atomic E-state index is 0.0272. The number of halogens is 3. The summed E-state index contributed by atoms with van der Waals surface area (Å²) in [7, 11) is 1.83. The molecule has 1 saturated heterocycles. The van der Waals surface area contributed by atoms with Crippen molar-refractivity contribution in [2.45, 2.75) is 50.6 Å². The Kier molecular flexibility index (Phi) is 8.37. The number of pyridine rings is 1. The van der Waals surface area contributed by atoms with Crippen LogP contribution in [0.3, 0.4) is 0 Å². The molecule has 5 nitrogen and oxygen atoms in total.